The van der Waals surface area contributed by atoms with E-state index in [1.54, 1.807) is 11.8 Å². The monoisotopic (exact) mass is 208 g/mol. The summed E-state index contributed by atoms with van der Waals surface area (Å²) in [5.74, 6) is 1.08. The lowest BCUT2D eigenvalue weighted by atomic mass is 10.3. The highest BCUT2D eigenvalue weighted by Gasteiger charge is 2.03. The average Bonchev–Trinajstić information content (AvgIpc) is 2.55. The number of H-pyrrole nitrogens is 2. The van der Waals surface area contributed by atoms with E-state index >= 15 is 0 Å². The maximum Gasteiger partial charge on any atom is 0.323 e. The number of nitrogens with one attached hydrogen (secondary N) is 2. The van der Waals surface area contributed by atoms with Crippen molar-refractivity contribution in [2.45, 2.75) is 18.2 Å². The molecule has 0 radical (unpaired) electrons. The summed E-state index contributed by atoms with van der Waals surface area (Å²) in [6.45, 7) is 2.15. The van der Waals surface area contributed by atoms with E-state index in [0.29, 0.717) is 0 Å². The van der Waals surface area contributed by atoms with Crippen LogP contribution in [0.25, 0.3) is 11.0 Å². The number of aromatic nitrogens is 2. The molecule has 2 aromatic rings. The van der Waals surface area contributed by atoms with Gasteiger partial charge in [0.15, 0.2) is 0 Å². The van der Waals surface area contributed by atoms with Crippen molar-refractivity contribution >= 4 is 22.8 Å². The first-order chi connectivity index (χ1) is 6.81. The van der Waals surface area contributed by atoms with Crippen molar-refractivity contribution in [3.63, 3.8) is 0 Å². The van der Waals surface area contributed by atoms with Crippen molar-refractivity contribution in [1.82, 2.24) is 9.97 Å². The molecule has 0 aliphatic carbocycles. The van der Waals surface area contributed by atoms with Gasteiger partial charge in [-0.3, -0.25) is 0 Å². The highest BCUT2D eigenvalue weighted by Crippen LogP contribution is 2.24. The molecule has 0 spiro atoms. The number of imidazole rings is 1. The van der Waals surface area contributed by atoms with Gasteiger partial charge in [-0.1, -0.05) is 13.0 Å². The van der Waals surface area contributed by atoms with Crippen LogP contribution in [0.5, 0.6) is 0 Å². The van der Waals surface area contributed by atoms with Crippen molar-refractivity contribution < 1.29 is 0 Å². The first-order valence-electron chi connectivity index (χ1n) is 4.65. The maximum atomic E-state index is 11.1. The van der Waals surface area contributed by atoms with Gasteiger partial charge >= 0.3 is 5.69 Å². The molecule has 74 valence electrons. The summed E-state index contributed by atoms with van der Waals surface area (Å²) in [5.41, 5.74) is 1.68. The summed E-state index contributed by atoms with van der Waals surface area (Å²) >= 11 is 1.77. The number of aromatic amines is 2. The molecule has 0 unspecified atom stereocenters. The molecule has 0 bridgehead atoms. The minimum Gasteiger partial charge on any atom is -0.306 e. The van der Waals surface area contributed by atoms with E-state index in [1.165, 1.54) is 0 Å². The molecule has 0 aliphatic heterocycles. The Hall–Kier alpha value is -1.16. The highest BCUT2D eigenvalue weighted by atomic mass is 32.2. The fourth-order valence-corrected chi connectivity index (χ4v) is 2.27. The lowest BCUT2D eigenvalue weighted by Gasteiger charge is -2.00. The summed E-state index contributed by atoms with van der Waals surface area (Å²) in [5, 5.41) is 0. The van der Waals surface area contributed by atoms with Crippen LogP contribution in [0.1, 0.15) is 13.3 Å². The molecule has 0 amide bonds. The van der Waals surface area contributed by atoms with Crippen LogP contribution in [0, 0.1) is 0 Å². The first kappa shape index (κ1) is 9.40. The average molecular weight is 208 g/mol. The standard InChI is InChI=1S/C10H12N2OS/c1-2-6-14-8-5-3-4-7-9(8)12-10(13)11-7/h3-5H,2,6H2,1H3,(H2,11,12,13). The van der Waals surface area contributed by atoms with Crippen LogP contribution in [0.2, 0.25) is 0 Å². The molecule has 0 saturated heterocycles. The molecule has 4 heteroatoms. The van der Waals surface area contributed by atoms with Gasteiger partial charge in [-0.2, -0.15) is 0 Å². The summed E-state index contributed by atoms with van der Waals surface area (Å²) in [6, 6.07) is 5.90. The number of hydrogen-bond acceptors (Lipinski definition) is 2. The number of benzene rings is 1. The summed E-state index contributed by atoms with van der Waals surface area (Å²) in [6.07, 6.45) is 1.13. The van der Waals surface area contributed by atoms with Crippen LogP contribution in [0.15, 0.2) is 27.9 Å². The number of para-hydroxylation sites is 1. The van der Waals surface area contributed by atoms with Gasteiger partial charge in [0.1, 0.15) is 0 Å². The Morgan fingerprint density at radius 1 is 1.36 bits per heavy atom. The zero-order valence-electron chi connectivity index (χ0n) is 7.96. The fourth-order valence-electron chi connectivity index (χ4n) is 1.36. The molecule has 14 heavy (non-hydrogen) atoms. The molecule has 0 atom stereocenters. The van der Waals surface area contributed by atoms with E-state index in [4.69, 9.17) is 0 Å². The van der Waals surface area contributed by atoms with Gasteiger partial charge in [0.25, 0.3) is 0 Å². The predicted molar refractivity (Wildman–Crippen MR) is 59.9 cm³/mol. The third-order valence-corrected chi connectivity index (χ3v) is 3.24. The largest absolute Gasteiger partial charge is 0.323 e. The molecule has 1 heterocycles. The summed E-state index contributed by atoms with van der Waals surface area (Å²) in [7, 11) is 0. The Kier molecular flexibility index (Phi) is 2.63. The van der Waals surface area contributed by atoms with Gasteiger partial charge < -0.3 is 9.97 Å². The molecular weight excluding hydrogens is 196 g/mol. The maximum absolute atomic E-state index is 11.1. The van der Waals surface area contributed by atoms with E-state index in [0.717, 1.165) is 28.1 Å². The SMILES string of the molecule is CCCSc1cccc2[nH]c(=O)[nH]c12. The van der Waals surface area contributed by atoms with Crippen LogP contribution in [0.3, 0.4) is 0 Å². The van der Waals surface area contributed by atoms with Gasteiger partial charge in [0, 0.05) is 4.90 Å². The van der Waals surface area contributed by atoms with Crippen LogP contribution in [0.4, 0.5) is 0 Å². The third-order valence-electron chi connectivity index (χ3n) is 1.97. The number of hydrogen-bond donors (Lipinski definition) is 2. The normalized spacial score (nSPS) is 10.9. The van der Waals surface area contributed by atoms with Crippen molar-refractivity contribution in [3.8, 4) is 0 Å². The van der Waals surface area contributed by atoms with E-state index in [9.17, 15) is 4.79 Å². The van der Waals surface area contributed by atoms with E-state index in [1.807, 2.05) is 18.2 Å². The quantitative estimate of drug-likeness (QED) is 0.761. The zero-order chi connectivity index (χ0) is 9.97. The molecule has 2 rings (SSSR count). The Balaban J connectivity index is 2.47. The minimum absolute atomic E-state index is 0.135. The first-order valence-corrected chi connectivity index (χ1v) is 5.63. The van der Waals surface area contributed by atoms with Crippen molar-refractivity contribution in [3.05, 3.63) is 28.7 Å². The Morgan fingerprint density at radius 2 is 2.21 bits per heavy atom. The van der Waals surface area contributed by atoms with Gasteiger partial charge in [0.05, 0.1) is 11.0 Å². The molecule has 0 fully saturated rings. The summed E-state index contributed by atoms with van der Waals surface area (Å²) in [4.78, 5) is 17.8. The lowest BCUT2D eigenvalue weighted by molar-refractivity contribution is 1.10. The van der Waals surface area contributed by atoms with E-state index < -0.39 is 0 Å². The smallest absolute Gasteiger partial charge is 0.306 e. The number of rotatable bonds is 3. The topological polar surface area (TPSA) is 48.6 Å². The van der Waals surface area contributed by atoms with E-state index in [-0.39, 0.29) is 5.69 Å². The number of fused-ring (bicyclic) bond motifs is 1. The Morgan fingerprint density at radius 3 is 3.00 bits per heavy atom. The number of thioether (sulfide) groups is 1. The second-order valence-corrected chi connectivity index (χ2v) is 4.24. The fraction of sp³-hybridized carbons (Fsp3) is 0.300. The summed E-state index contributed by atoms with van der Waals surface area (Å²) < 4.78 is 0. The van der Waals surface area contributed by atoms with Crippen LogP contribution in [-0.2, 0) is 0 Å². The van der Waals surface area contributed by atoms with Gasteiger partial charge in [-0.25, -0.2) is 4.79 Å². The van der Waals surface area contributed by atoms with Crippen molar-refractivity contribution in [2.24, 2.45) is 0 Å². The molecular formula is C10H12N2OS. The molecule has 1 aromatic heterocycles. The van der Waals surface area contributed by atoms with Crippen LogP contribution >= 0.6 is 11.8 Å². The lowest BCUT2D eigenvalue weighted by Crippen LogP contribution is -1.99. The molecule has 0 aliphatic rings. The zero-order valence-corrected chi connectivity index (χ0v) is 8.78. The second-order valence-electron chi connectivity index (χ2n) is 3.11. The molecule has 2 N–H and O–H groups in total. The second kappa shape index (κ2) is 3.92. The van der Waals surface area contributed by atoms with Crippen LogP contribution in [-0.4, -0.2) is 15.7 Å². The highest BCUT2D eigenvalue weighted by molar-refractivity contribution is 7.99. The Bertz CT molecular complexity index is 486. The van der Waals surface area contributed by atoms with Crippen molar-refractivity contribution in [1.29, 1.82) is 0 Å². The van der Waals surface area contributed by atoms with E-state index in [2.05, 4.69) is 16.9 Å². The van der Waals surface area contributed by atoms with Gasteiger partial charge in [-0.05, 0) is 24.3 Å². The van der Waals surface area contributed by atoms with Crippen LogP contribution < -0.4 is 5.69 Å². The molecule has 3 nitrogen and oxygen atoms in total. The van der Waals surface area contributed by atoms with Gasteiger partial charge in [0.2, 0.25) is 0 Å². The van der Waals surface area contributed by atoms with Gasteiger partial charge in [-0.15, -0.1) is 11.8 Å². The minimum atomic E-state index is -0.135. The van der Waals surface area contributed by atoms with Crippen molar-refractivity contribution in [2.75, 3.05) is 5.75 Å². The third kappa shape index (κ3) is 1.70. The Labute approximate surface area is 85.9 Å². The predicted octanol–water partition coefficient (Wildman–Crippen LogP) is 2.36. The molecule has 0 saturated carbocycles. The molecule has 1 aromatic carbocycles.